The number of hydrogen-bond donors (Lipinski definition) is 1. The summed E-state index contributed by atoms with van der Waals surface area (Å²) in [6, 6.07) is 12.4. The maximum absolute atomic E-state index is 12.7. The molecule has 0 aromatic heterocycles. The zero-order valence-electron chi connectivity index (χ0n) is 16.2. The molecule has 1 amide bonds. The average molecular weight is 425 g/mol. The van der Waals surface area contributed by atoms with Gasteiger partial charge in [-0.05, 0) is 42.3 Å². The van der Waals surface area contributed by atoms with Gasteiger partial charge in [-0.25, -0.2) is 16.8 Å². The van der Waals surface area contributed by atoms with E-state index in [4.69, 9.17) is 0 Å². The van der Waals surface area contributed by atoms with Crippen LogP contribution >= 0.6 is 0 Å². The molecule has 2 aromatic rings. The minimum absolute atomic E-state index is 0.217. The average Bonchev–Trinajstić information content (AvgIpc) is 2.64. The standard InChI is InChI=1S/C19H24N2O5S2/c1-5-18(14-9-11-17(12-10-14)27(3,23)24)20-19(22)15-7-6-8-16(13-15)21(2)28(4,25)26/h6-13,18H,5H2,1-4H3,(H,20,22)/t18-/m0/s1. The van der Waals surface area contributed by atoms with Gasteiger partial charge in [0.25, 0.3) is 5.91 Å². The zero-order chi connectivity index (χ0) is 21.1. The normalized spacial score (nSPS) is 13.0. The summed E-state index contributed by atoms with van der Waals surface area (Å²) in [6.45, 7) is 1.91. The summed E-state index contributed by atoms with van der Waals surface area (Å²) >= 11 is 0. The number of sulfonamides is 1. The number of carbonyl (C=O) groups excluding carboxylic acids is 1. The molecule has 1 atom stereocenters. The Hall–Kier alpha value is -2.39. The second-order valence-corrected chi connectivity index (χ2v) is 10.6. The lowest BCUT2D eigenvalue weighted by Crippen LogP contribution is -2.29. The summed E-state index contributed by atoms with van der Waals surface area (Å²) in [5, 5.41) is 2.91. The molecule has 0 fully saturated rings. The van der Waals surface area contributed by atoms with Gasteiger partial charge in [-0.3, -0.25) is 9.10 Å². The number of benzene rings is 2. The molecule has 1 N–H and O–H groups in total. The van der Waals surface area contributed by atoms with E-state index in [-0.39, 0.29) is 16.8 Å². The van der Waals surface area contributed by atoms with Gasteiger partial charge in [-0.2, -0.15) is 0 Å². The van der Waals surface area contributed by atoms with Crippen molar-refractivity contribution in [2.75, 3.05) is 23.9 Å². The van der Waals surface area contributed by atoms with Crippen LogP contribution in [0.3, 0.4) is 0 Å². The van der Waals surface area contributed by atoms with Crippen LogP contribution in [-0.2, 0) is 19.9 Å². The third-order valence-electron chi connectivity index (χ3n) is 4.39. The van der Waals surface area contributed by atoms with Gasteiger partial charge in [-0.15, -0.1) is 0 Å². The van der Waals surface area contributed by atoms with Gasteiger partial charge in [0.2, 0.25) is 10.0 Å². The molecule has 28 heavy (non-hydrogen) atoms. The molecule has 152 valence electrons. The first-order valence-corrected chi connectivity index (χ1v) is 12.3. The van der Waals surface area contributed by atoms with Crippen LogP contribution in [0.1, 0.15) is 35.3 Å². The summed E-state index contributed by atoms with van der Waals surface area (Å²) in [5.74, 6) is -0.345. The first kappa shape index (κ1) is 21.9. The zero-order valence-corrected chi connectivity index (χ0v) is 17.8. The number of amides is 1. The Morgan fingerprint density at radius 1 is 1.04 bits per heavy atom. The van der Waals surface area contributed by atoms with Crippen LogP contribution in [0.25, 0.3) is 0 Å². The number of rotatable bonds is 7. The second kappa shape index (κ2) is 8.32. The van der Waals surface area contributed by atoms with Gasteiger partial charge >= 0.3 is 0 Å². The van der Waals surface area contributed by atoms with Gasteiger partial charge in [0, 0.05) is 18.9 Å². The molecule has 2 aromatic carbocycles. The Balaban J connectivity index is 2.23. The van der Waals surface area contributed by atoms with Crippen molar-refractivity contribution in [2.24, 2.45) is 0 Å². The van der Waals surface area contributed by atoms with Gasteiger partial charge in [-0.1, -0.05) is 25.1 Å². The van der Waals surface area contributed by atoms with E-state index >= 15 is 0 Å². The Morgan fingerprint density at radius 2 is 1.64 bits per heavy atom. The van der Waals surface area contributed by atoms with E-state index in [0.29, 0.717) is 17.7 Å². The van der Waals surface area contributed by atoms with Crippen LogP contribution in [0, 0.1) is 0 Å². The fourth-order valence-corrected chi connectivity index (χ4v) is 3.77. The second-order valence-electron chi connectivity index (χ2n) is 6.56. The highest BCUT2D eigenvalue weighted by molar-refractivity contribution is 7.92. The topological polar surface area (TPSA) is 101 Å². The van der Waals surface area contributed by atoms with Crippen molar-refractivity contribution in [1.82, 2.24) is 5.32 Å². The molecule has 0 bridgehead atoms. The van der Waals surface area contributed by atoms with E-state index < -0.39 is 19.9 Å². The Bertz CT molecular complexity index is 1060. The van der Waals surface area contributed by atoms with Crippen LogP contribution in [-0.4, -0.2) is 42.3 Å². The Labute approximate surface area is 166 Å². The highest BCUT2D eigenvalue weighted by Crippen LogP contribution is 2.21. The number of nitrogens with zero attached hydrogens (tertiary/aromatic N) is 1. The highest BCUT2D eigenvalue weighted by Gasteiger charge is 2.17. The van der Waals surface area contributed by atoms with E-state index in [1.807, 2.05) is 6.92 Å². The van der Waals surface area contributed by atoms with E-state index in [9.17, 15) is 21.6 Å². The van der Waals surface area contributed by atoms with E-state index in [1.165, 1.54) is 25.2 Å². The molecule has 0 unspecified atom stereocenters. The van der Waals surface area contributed by atoms with E-state index in [2.05, 4.69) is 5.32 Å². The van der Waals surface area contributed by atoms with Crippen molar-refractivity contribution in [3.63, 3.8) is 0 Å². The molecular formula is C19H24N2O5S2. The predicted octanol–water partition coefficient (Wildman–Crippen LogP) is 2.37. The van der Waals surface area contributed by atoms with Crippen LogP contribution in [0.5, 0.6) is 0 Å². The van der Waals surface area contributed by atoms with Gasteiger partial charge in [0.15, 0.2) is 9.84 Å². The third kappa shape index (κ3) is 5.32. The number of carbonyl (C=O) groups is 1. The number of nitrogens with one attached hydrogen (secondary N) is 1. The summed E-state index contributed by atoms with van der Waals surface area (Å²) < 4.78 is 47.7. The van der Waals surface area contributed by atoms with Crippen LogP contribution in [0.2, 0.25) is 0 Å². The van der Waals surface area contributed by atoms with E-state index in [1.54, 1.807) is 30.3 Å². The summed E-state index contributed by atoms with van der Waals surface area (Å²) in [5.41, 5.74) is 1.51. The van der Waals surface area contributed by atoms with Crippen molar-refractivity contribution in [2.45, 2.75) is 24.3 Å². The molecule has 0 heterocycles. The highest BCUT2D eigenvalue weighted by atomic mass is 32.2. The molecule has 0 aliphatic carbocycles. The monoisotopic (exact) mass is 424 g/mol. The first-order chi connectivity index (χ1) is 12.9. The number of hydrogen-bond acceptors (Lipinski definition) is 5. The van der Waals surface area contributed by atoms with Crippen LogP contribution in [0.15, 0.2) is 53.4 Å². The van der Waals surface area contributed by atoms with Gasteiger partial charge < -0.3 is 5.32 Å². The SMILES string of the molecule is CC[C@H](NC(=O)c1cccc(N(C)S(C)(=O)=O)c1)c1ccc(S(C)(=O)=O)cc1. The smallest absolute Gasteiger partial charge is 0.251 e. The van der Waals surface area contributed by atoms with Crippen molar-refractivity contribution in [3.8, 4) is 0 Å². The molecule has 0 spiro atoms. The molecule has 0 radical (unpaired) electrons. The molecular weight excluding hydrogens is 400 g/mol. The number of sulfone groups is 1. The van der Waals surface area contributed by atoms with Crippen molar-refractivity contribution < 1.29 is 21.6 Å². The lowest BCUT2D eigenvalue weighted by atomic mass is 10.0. The minimum Gasteiger partial charge on any atom is -0.345 e. The Morgan fingerprint density at radius 3 is 2.14 bits per heavy atom. The fourth-order valence-electron chi connectivity index (χ4n) is 2.64. The minimum atomic E-state index is -3.43. The maximum Gasteiger partial charge on any atom is 0.251 e. The molecule has 2 rings (SSSR count). The molecule has 0 saturated carbocycles. The third-order valence-corrected chi connectivity index (χ3v) is 6.73. The van der Waals surface area contributed by atoms with Crippen LogP contribution < -0.4 is 9.62 Å². The van der Waals surface area contributed by atoms with E-state index in [0.717, 1.165) is 22.4 Å². The first-order valence-electron chi connectivity index (χ1n) is 8.58. The predicted molar refractivity (Wildman–Crippen MR) is 110 cm³/mol. The maximum atomic E-state index is 12.7. The van der Waals surface area contributed by atoms with Crippen molar-refractivity contribution >= 4 is 31.5 Å². The molecule has 0 aliphatic rings. The van der Waals surface area contributed by atoms with Crippen molar-refractivity contribution in [3.05, 3.63) is 59.7 Å². The quantitative estimate of drug-likeness (QED) is 0.735. The number of anilines is 1. The molecule has 0 saturated heterocycles. The Kier molecular flexibility index (Phi) is 6.51. The lowest BCUT2D eigenvalue weighted by Gasteiger charge is -2.20. The summed E-state index contributed by atoms with van der Waals surface area (Å²) in [6.07, 6.45) is 2.83. The largest absolute Gasteiger partial charge is 0.345 e. The lowest BCUT2D eigenvalue weighted by molar-refractivity contribution is 0.0935. The van der Waals surface area contributed by atoms with Crippen molar-refractivity contribution in [1.29, 1.82) is 0 Å². The van der Waals surface area contributed by atoms with Gasteiger partial charge in [0.1, 0.15) is 0 Å². The fraction of sp³-hybridized carbons (Fsp3) is 0.316. The molecule has 7 nitrogen and oxygen atoms in total. The van der Waals surface area contributed by atoms with Crippen LogP contribution in [0.4, 0.5) is 5.69 Å². The molecule has 9 heteroatoms. The summed E-state index contributed by atoms with van der Waals surface area (Å²) in [7, 11) is -5.30. The van der Waals surface area contributed by atoms with Gasteiger partial charge in [0.05, 0.1) is 22.9 Å². The summed E-state index contributed by atoms with van der Waals surface area (Å²) in [4.78, 5) is 12.9. The molecule has 0 aliphatic heterocycles.